The Labute approximate surface area is 111 Å². The van der Waals surface area contributed by atoms with E-state index in [-0.39, 0.29) is 11.5 Å². The van der Waals surface area contributed by atoms with E-state index in [2.05, 4.69) is 31.9 Å². The highest BCUT2D eigenvalue weighted by molar-refractivity contribution is 9.10. The molecule has 2 nitrogen and oxygen atoms in total. The van der Waals surface area contributed by atoms with E-state index in [9.17, 15) is 9.18 Å². The van der Waals surface area contributed by atoms with Gasteiger partial charge < -0.3 is 4.90 Å². The molecule has 88 valence electrons. The van der Waals surface area contributed by atoms with Gasteiger partial charge in [0.05, 0.1) is 5.56 Å². The van der Waals surface area contributed by atoms with Crippen molar-refractivity contribution in [1.29, 1.82) is 0 Å². The summed E-state index contributed by atoms with van der Waals surface area (Å²) in [5, 5.41) is 0.827. The quantitative estimate of drug-likeness (QED) is 0.760. The van der Waals surface area contributed by atoms with Crippen LogP contribution in [0.2, 0.25) is 0 Å². The predicted octanol–water partition coefficient (Wildman–Crippen LogP) is 3.45. The first-order chi connectivity index (χ1) is 7.56. The molecule has 16 heavy (non-hydrogen) atoms. The van der Waals surface area contributed by atoms with E-state index in [1.807, 2.05) is 0 Å². The molecule has 0 N–H and O–H groups in total. The number of hydrogen-bond donors (Lipinski definition) is 0. The molecule has 0 saturated heterocycles. The van der Waals surface area contributed by atoms with E-state index < -0.39 is 5.82 Å². The molecule has 1 aromatic carbocycles. The van der Waals surface area contributed by atoms with Crippen molar-refractivity contribution in [2.24, 2.45) is 0 Å². The van der Waals surface area contributed by atoms with Crippen molar-refractivity contribution in [3.05, 3.63) is 34.1 Å². The average Bonchev–Trinajstić information content (AvgIpc) is 2.25. The van der Waals surface area contributed by atoms with Crippen LogP contribution in [0.5, 0.6) is 0 Å². The van der Waals surface area contributed by atoms with Gasteiger partial charge in [0, 0.05) is 23.4 Å². The second-order valence-corrected chi connectivity index (χ2v) is 5.10. The van der Waals surface area contributed by atoms with Gasteiger partial charge in [0.2, 0.25) is 0 Å². The maximum Gasteiger partial charge on any atom is 0.256 e. The van der Waals surface area contributed by atoms with Gasteiger partial charge in [0.15, 0.2) is 0 Å². The van der Waals surface area contributed by atoms with Crippen LogP contribution >= 0.6 is 31.9 Å². The molecule has 0 aliphatic carbocycles. The summed E-state index contributed by atoms with van der Waals surface area (Å²) in [4.78, 5) is 13.4. The normalized spacial score (nSPS) is 10.2. The fraction of sp³-hybridized carbons (Fsp3) is 0.364. The van der Waals surface area contributed by atoms with E-state index in [1.54, 1.807) is 13.1 Å². The van der Waals surface area contributed by atoms with Gasteiger partial charge in [0.25, 0.3) is 5.91 Å². The van der Waals surface area contributed by atoms with Gasteiger partial charge in [0.1, 0.15) is 5.82 Å². The zero-order valence-electron chi connectivity index (χ0n) is 8.84. The Morgan fingerprint density at radius 1 is 1.50 bits per heavy atom. The Bertz CT molecular complexity index is 384. The van der Waals surface area contributed by atoms with E-state index in [1.165, 1.54) is 17.0 Å². The third-order valence-electron chi connectivity index (χ3n) is 2.14. The highest BCUT2D eigenvalue weighted by Crippen LogP contribution is 2.16. The maximum atomic E-state index is 13.5. The third-order valence-corrected chi connectivity index (χ3v) is 3.19. The highest BCUT2D eigenvalue weighted by atomic mass is 79.9. The van der Waals surface area contributed by atoms with Crippen LogP contribution in [0.15, 0.2) is 22.7 Å². The predicted molar refractivity (Wildman–Crippen MR) is 69.5 cm³/mol. The first-order valence-electron chi connectivity index (χ1n) is 4.82. The molecule has 0 bridgehead atoms. The molecular formula is C11H12Br2FNO. The van der Waals surface area contributed by atoms with Crippen molar-refractivity contribution in [2.75, 3.05) is 18.9 Å². The minimum Gasteiger partial charge on any atom is -0.342 e. The van der Waals surface area contributed by atoms with Crippen LogP contribution in [0.25, 0.3) is 0 Å². The number of carbonyl (C=O) groups is 1. The molecule has 0 aliphatic rings. The average molecular weight is 353 g/mol. The summed E-state index contributed by atoms with van der Waals surface area (Å²) in [5.41, 5.74) is 0.111. The summed E-state index contributed by atoms with van der Waals surface area (Å²) < 4.78 is 14.1. The summed E-state index contributed by atoms with van der Waals surface area (Å²) in [6, 6.07) is 4.45. The Hall–Kier alpha value is -0.420. The largest absolute Gasteiger partial charge is 0.342 e. The molecular weight excluding hydrogens is 341 g/mol. The van der Waals surface area contributed by atoms with Gasteiger partial charge in [-0.25, -0.2) is 4.39 Å². The Kier molecular flexibility index (Phi) is 5.41. The lowest BCUT2D eigenvalue weighted by atomic mass is 10.2. The van der Waals surface area contributed by atoms with Gasteiger partial charge in [-0.15, -0.1) is 0 Å². The number of amides is 1. The number of hydrogen-bond acceptors (Lipinski definition) is 1. The number of benzene rings is 1. The third kappa shape index (κ3) is 3.56. The second kappa shape index (κ2) is 6.35. The number of rotatable bonds is 4. The van der Waals surface area contributed by atoms with Crippen molar-refractivity contribution in [2.45, 2.75) is 6.42 Å². The zero-order chi connectivity index (χ0) is 12.1. The Morgan fingerprint density at radius 2 is 2.19 bits per heavy atom. The highest BCUT2D eigenvalue weighted by Gasteiger charge is 2.15. The molecule has 1 amide bonds. The number of halogens is 3. The van der Waals surface area contributed by atoms with E-state index in [0.717, 1.165) is 11.8 Å². The first-order valence-corrected chi connectivity index (χ1v) is 6.74. The summed E-state index contributed by atoms with van der Waals surface area (Å²) in [6.45, 7) is 0.611. The van der Waals surface area contributed by atoms with E-state index in [0.29, 0.717) is 11.0 Å². The summed E-state index contributed by atoms with van der Waals surface area (Å²) in [6.07, 6.45) is 0.848. The number of nitrogens with zero attached hydrogens (tertiary/aromatic N) is 1. The molecule has 0 spiro atoms. The molecule has 0 heterocycles. The van der Waals surface area contributed by atoms with Crippen LogP contribution in [0.4, 0.5) is 4.39 Å². The lowest BCUT2D eigenvalue weighted by molar-refractivity contribution is 0.0791. The van der Waals surface area contributed by atoms with Crippen LogP contribution in [-0.2, 0) is 0 Å². The van der Waals surface area contributed by atoms with Crippen molar-refractivity contribution < 1.29 is 9.18 Å². The first kappa shape index (κ1) is 13.6. The molecule has 0 atom stereocenters. The number of alkyl halides is 1. The molecule has 0 radical (unpaired) electrons. The minimum atomic E-state index is -0.495. The van der Waals surface area contributed by atoms with E-state index >= 15 is 0 Å². The van der Waals surface area contributed by atoms with E-state index in [4.69, 9.17) is 0 Å². The van der Waals surface area contributed by atoms with Crippen LogP contribution in [0.3, 0.4) is 0 Å². The fourth-order valence-corrected chi connectivity index (χ4v) is 1.85. The Morgan fingerprint density at radius 3 is 2.75 bits per heavy atom. The van der Waals surface area contributed by atoms with Crippen LogP contribution in [0.1, 0.15) is 16.8 Å². The second-order valence-electron chi connectivity index (χ2n) is 3.39. The topological polar surface area (TPSA) is 20.3 Å². The van der Waals surface area contributed by atoms with Gasteiger partial charge in [-0.05, 0) is 24.6 Å². The van der Waals surface area contributed by atoms with Gasteiger partial charge in [-0.3, -0.25) is 4.79 Å². The summed E-state index contributed by atoms with van der Waals surface area (Å²) >= 11 is 6.44. The van der Waals surface area contributed by atoms with Crippen molar-refractivity contribution in [3.63, 3.8) is 0 Å². The van der Waals surface area contributed by atoms with Gasteiger partial charge in [-0.2, -0.15) is 0 Å². The Balaban J connectivity index is 2.79. The fourth-order valence-electron chi connectivity index (χ4n) is 1.27. The summed E-state index contributed by atoms with van der Waals surface area (Å²) in [5.74, 6) is -0.781. The molecule has 0 unspecified atom stereocenters. The molecule has 0 fully saturated rings. The lowest BCUT2D eigenvalue weighted by Crippen LogP contribution is -2.28. The molecule has 0 saturated carbocycles. The van der Waals surface area contributed by atoms with Crippen molar-refractivity contribution in [3.8, 4) is 0 Å². The zero-order valence-corrected chi connectivity index (χ0v) is 12.0. The lowest BCUT2D eigenvalue weighted by Gasteiger charge is -2.16. The summed E-state index contributed by atoms with van der Waals surface area (Å²) in [7, 11) is 1.67. The van der Waals surface area contributed by atoms with Crippen LogP contribution in [-0.4, -0.2) is 29.7 Å². The van der Waals surface area contributed by atoms with Crippen LogP contribution < -0.4 is 0 Å². The molecule has 5 heteroatoms. The maximum absolute atomic E-state index is 13.5. The van der Waals surface area contributed by atoms with Crippen molar-refractivity contribution >= 4 is 37.8 Å². The standard InChI is InChI=1S/C11H12Br2FNO/c1-15(6-2-5-12)11(16)9-4-3-8(13)7-10(9)14/h3-4,7H,2,5-6H2,1H3. The smallest absolute Gasteiger partial charge is 0.256 e. The number of carbonyl (C=O) groups excluding carboxylic acids is 1. The van der Waals surface area contributed by atoms with Crippen LogP contribution in [0, 0.1) is 5.82 Å². The van der Waals surface area contributed by atoms with Gasteiger partial charge >= 0.3 is 0 Å². The molecule has 0 aliphatic heterocycles. The van der Waals surface area contributed by atoms with Gasteiger partial charge in [-0.1, -0.05) is 31.9 Å². The van der Waals surface area contributed by atoms with Crippen molar-refractivity contribution in [1.82, 2.24) is 4.90 Å². The molecule has 1 aromatic rings. The SMILES string of the molecule is CN(CCCBr)C(=O)c1ccc(Br)cc1F. The minimum absolute atomic E-state index is 0.111. The molecule has 1 rings (SSSR count). The monoisotopic (exact) mass is 351 g/mol. The molecule has 0 aromatic heterocycles.